The number of carbonyl (C=O) groups excluding carboxylic acids is 2. The normalized spacial score (nSPS) is 22.0. The van der Waals surface area contributed by atoms with E-state index in [1.807, 2.05) is 30.3 Å². The van der Waals surface area contributed by atoms with Gasteiger partial charge >= 0.3 is 0 Å². The van der Waals surface area contributed by atoms with Gasteiger partial charge in [-0.1, -0.05) is 36.4 Å². The third-order valence-electron chi connectivity index (χ3n) is 5.71. The van der Waals surface area contributed by atoms with Crippen molar-refractivity contribution in [3.05, 3.63) is 71.5 Å². The van der Waals surface area contributed by atoms with Gasteiger partial charge in [0.05, 0.1) is 5.92 Å². The third-order valence-corrected chi connectivity index (χ3v) is 5.71. The molecule has 1 heterocycles. The van der Waals surface area contributed by atoms with Crippen LogP contribution in [0.2, 0.25) is 0 Å². The zero-order valence-corrected chi connectivity index (χ0v) is 15.8. The van der Waals surface area contributed by atoms with Crippen molar-refractivity contribution < 1.29 is 14.0 Å². The Hall–Kier alpha value is -2.69. The number of nitrogens with zero attached hydrogens (tertiary/aromatic N) is 1. The quantitative estimate of drug-likeness (QED) is 0.862. The van der Waals surface area contributed by atoms with Crippen LogP contribution in [0.1, 0.15) is 41.1 Å². The van der Waals surface area contributed by atoms with Crippen LogP contribution < -0.4 is 5.32 Å². The Kier molecular flexibility index (Phi) is 5.42. The summed E-state index contributed by atoms with van der Waals surface area (Å²) in [7, 11) is 0. The Morgan fingerprint density at radius 2 is 1.82 bits per heavy atom. The summed E-state index contributed by atoms with van der Waals surface area (Å²) in [6.07, 6.45) is 3.08. The van der Waals surface area contributed by atoms with Crippen LogP contribution in [0.15, 0.2) is 54.6 Å². The topological polar surface area (TPSA) is 49.4 Å². The van der Waals surface area contributed by atoms with Gasteiger partial charge in [0.15, 0.2) is 0 Å². The predicted molar refractivity (Wildman–Crippen MR) is 105 cm³/mol. The molecule has 0 bridgehead atoms. The van der Waals surface area contributed by atoms with E-state index in [0.717, 1.165) is 12.1 Å². The molecule has 146 valence electrons. The van der Waals surface area contributed by atoms with Crippen molar-refractivity contribution in [1.29, 1.82) is 0 Å². The van der Waals surface area contributed by atoms with Gasteiger partial charge in [0.2, 0.25) is 5.91 Å². The molecule has 0 radical (unpaired) electrons. The summed E-state index contributed by atoms with van der Waals surface area (Å²) in [6.45, 7) is 1.63. The SMILES string of the molecule is O=C(NCC1CC1)[C@H]1C[C@H](c2ccccc2)CN(C(=O)c2cccc(F)c2)C1. The van der Waals surface area contributed by atoms with Crippen LogP contribution >= 0.6 is 0 Å². The van der Waals surface area contributed by atoms with Crippen LogP contribution in [0.25, 0.3) is 0 Å². The number of nitrogens with one attached hydrogen (secondary N) is 1. The molecule has 5 heteroatoms. The van der Waals surface area contributed by atoms with E-state index < -0.39 is 5.82 Å². The van der Waals surface area contributed by atoms with E-state index >= 15 is 0 Å². The molecule has 2 amide bonds. The standard InChI is InChI=1S/C23H25FN2O2/c24-21-8-4-7-18(12-21)23(28)26-14-19(17-5-2-1-3-6-17)11-20(15-26)22(27)25-13-16-9-10-16/h1-8,12,16,19-20H,9-11,13-15H2,(H,25,27)/t19-,20-/m0/s1. The van der Waals surface area contributed by atoms with Gasteiger partial charge in [-0.05, 0) is 48.9 Å². The lowest BCUT2D eigenvalue weighted by atomic mass is 9.83. The molecule has 0 aromatic heterocycles. The second-order valence-corrected chi connectivity index (χ2v) is 7.95. The van der Waals surface area contributed by atoms with Crippen LogP contribution in [0, 0.1) is 17.7 Å². The molecule has 2 aliphatic rings. The molecule has 2 aromatic carbocycles. The molecular formula is C23H25FN2O2. The third kappa shape index (κ3) is 4.41. The minimum Gasteiger partial charge on any atom is -0.356 e. The minimum absolute atomic E-state index is 0.0181. The highest BCUT2D eigenvalue weighted by molar-refractivity contribution is 5.94. The highest BCUT2D eigenvalue weighted by Crippen LogP contribution is 2.32. The van der Waals surface area contributed by atoms with E-state index in [1.54, 1.807) is 17.0 Å². The molecule has 0 unspecified atom stereocenters. The number of benzene rings is 2. The van der Waals surface area contributed by atoms with Gasteiger partial charge < -0.3 is 10.2 Å². The first kappa shape index (κ1) is 18.7. The maximum absolute atomic E-state index is 13.6. The van der Waals surface area contributed by atoms with E-state index in [2.05, 4.69) is 5.32 Å². The van der Waals surface area contributed by atoms with E-state index in [-0.39, 0.29) is 23.7 Å². The second kappa shape index (κ2) is 8.13. The summed E-state index contributed by atoms with van der Waals surface area (Å²) in [5.41, 5.74) is 1.45. The van der Waals surface area contributed by atoms with Gasteiger partial charge in [-0.3, -0.25) is 9.59 Å². The van der Waals surface area contributed by atoms with Gasteiger partial charge in [0, 0.05) is 31.1 Å². The molecule has 1 aliphatic carbocycles. The Morgan fingerprint density at radius 1 is 1.04 bits per heavy atom. The van der Waals surface area contributed by atoms with Gasteiger partial charge in [-0.25, -0.2) is 4.39 Å². The number of rotatable bonds is 5. The zero-order chi connectivity index (χ0) is 19.5. The number of carbonyl (C=O) groups is 2. The monoisotopic (exact) mass is 380 g/mol. The van der Waals surface area contributed by atoms with Crippen LogP contribution in [0.5, 0.6) is 0 Å². The lowest BCUT2D eigenvalue weighted by molar-refractivity contribution is -0.126. The Bertz CT molecular complexity index is 851. The van der Waals surface area contributed by atoms with E-state index in [4.69, 9.17) is 0 Å². The fourth-order valence-electron chi connectivity index (χ4n) is 3.94. The lowest BCUT2D eigenvalue weighted by Crippen LogP contribution is -2.48. The summed E-state index contributed by atoms with van der Waals surface area (Å²) in [4.78, 5) is 27.5. The molecule has 2 aromatic rings. The predicted octanol–water partition coefficient (Wildman–Crippen LogP) is 3.60. The molecule has 28 heavy (non-hydrogen) atoms. The number of amides is 2. The van der Waals surface area contributed by atoms with Gasteiger partial charge in [0.1, 0.15) is 5.82 Å². The highest BCUT2D eigenvalue weighted by Gasteiger charge is 2.35. The Balaban J connectivity index is 1.54. The molecule has 1 N–H and O–H groups in total. The molecule has 2 atom stereocenters. The average molecular weight is 380 g/mol. The number of likely N-dealkylation sites (tertiary alicyclic amines) is 1. The average Bonchev–Trinajstić information content (AvgIpc) is 3.56. The first-order valence-electron chi connectivity index (χ1n) is 9.97. The van der Waals surface area contributed by atoms with Gasteiger partial charge in [-0.15, -0.1) is 0 Å². The van der Waals surface area contributed by atoms with Crippen molar-refractivity contribution in [1.82, 2.24) is 10.2 Å². The summed E-state index contributed by atoms with van der Waals surface area (Å²) in [6, 6.07) is 15.8. The summed E-state index contributed by atoms with van der Waals surface area (Å²) < 4.78 is 13.6. The Morgan fingerprint density at radius 3 is 2.54 bits per heavy atom. The first-order valence-corrected chi connectivity index (χ1v) is 9.97. The van der Waals surface area contributed by atoms with Crippen LogP contribution in [-0.2, 0) is 4.79 Å². The molecule has 4 rings (SSSR count). The fraction of sp³-hybridized carbons (Fsp3) is 0.391. The van der Waals surface area contributed by atoms with Crippen molar-refractivity contribution in [2.75, 3.05) is 19.6 Å². The number of hydrogen-bond acceptors (Lipinski definition) is 2. The molecule has 0 spiro atoms. The van der Waals surface area contributed by atoms with Crippen molar-refractivity contribution >= 4 is 11.8 Å². The van der Waals surface area contributed by atoms with E-state index in [9.17, 15) is 14.0 Å². The number of piperidine rings is 1. The van der Waals surface area contributed by atoms with Crippen molar-refractivity contribution in [2.24, 2.45) is 11.8 Å². The summed E-state index contributed by atoms with van der Waals surface area (Å²) >= 11 is 0. The lowest BCUT2D eigenvalue weighted by Gasteiger charge is -2.37. The van der Waals surface area contributed by atoms with Gasteiger partial charge in [0.25, 0.3) is 5.91 Å². The maximum Gasteiger partial charge on any atom is 0.253 e. The first-order chi connectivity index (χ1) is 13.6. The largest absolute Gasteiger partial charge is 0.356 e. The second-order valence-electron chi connectivity index (χ2n) is 7.95. The van der Waals surface area contributed by atoms with E-state index in [1.165, 1.54) is 25.0 Å². The molecule has 1 saturated carbocycles. The van der Waals surface area contributed by atoms with Crippen molar-refractivity contribution in [2.45, 2.75) is 25.2 Å². The van der Waals surface area contributed by atoms with Crippen LogP contribution in [0.3, 0.4) is 0 Å². The molecule has 4 nitrogen and oxygen atoms in total. The number of hydrogen-bond donors (Lipinski definition) is 1. The van der Waals surface area contributed by atoms with Crippen LogP contribution in [0.4, 0.5) is 4.39 Å². The smallest absolute Gasteiger partial charge is 0.253 e. The summed E-state index contributed by atoms with van der Waals surface area (Å²) in [5.74, 6) is -0.187. The highest BCUT2D eigenvalue weighted by atomic mass is 19.1. The Labute approximate surface area is 164 Å². The molecule has 1 saturated heterocycles. The molecular weight excluding hydrogens is 355 g/mol. The van der Waals surface area contributed by atoms with Crippen molar-refractivity contribution in [3.8, 4) is 0 Å². The van der Waals surface area contributed by atoms with Gasteiger partial charge in [-0.2, -0.15) is 0 Å². The van der Waals surface area contributed by atoms with Crippen molar-refractivity contribution in [3.63, 3.8) is 0 Å². The molecule has 1 aliphatic heterocycles. The maximum atomic E-state index is 13.6. The van der Waals surface area contributed by atoms with Crippen LogP contribution in [-0.4, -0.2) is 36.3 Å². The fourth-order valence-corrected chi connectivity index (χ4v) is 3.94. The zero-order valence-electron chi connectivity index (χ0n) is 15.8. The summed E-state index contributed by atoms with van der Waals surface area (Å²) in [5, 5.41) is 3.06. The molecule has 2 fully saturated rings. The van der Waals surface area contributed by atoms with E-state index in [0.29, 0.717) is 31.0 Å². The number of halogens is 1. The minimum atomic E-state index is -0.429.